The lowest BCUT2D eigenvalue weighted by Crippen LogP contribution is -2.19. The molecule has 1 aliphatic carbocycles. The molecule has 0 aromatic heterocycles. The predicted molar refractivity (Wildman–Crippen MR) is 68.2 cm³/mol. The van der Waals surface area contributed by atoms with E-state index in [0.717, 1.165) is 24.8 Å². The average Bonchev–Trinajstić information content (AvgIpc) is 2.76. The van der Waals surface area contributed by atoms with Crippen LogP contribution in [0.15, 0.2) is 18.2 Å². The summed E-state index contributed by atoms with van der Waals surface area (Å²) in [6.45, 7) is 2.13. The van der Waals surface area contributed by atoms with E-state index in [9.17, 15) is 9.18 Å². The number of carbonyl (C=O) groups excluding carboxylic acids is 1. The molecule has 0 bridgehead atoms. The Hall–Kier alpha value is -1.38. The molecule has 0 amide bonds. The molecule has 0 spiro atoms. The standard InChI is InChI=1S/C15H19FO2/c1-10-4-3-5-12(10)14(17)9-11-6-7-15(18-2)13(16)8-11/h6-8,10,12H,3-5,9H2,1-2H3. The van der Waals surface area contributed by atoms with Crippen LogP contribution in [0.1, 0.15) is 31.7 Å². The van der Waals surface area contributed by atoms with E-state index in [1.54, 1.807) is 12.1 Å². The van der Waals surface area contributed by atoms with Crippen molar-refractivity contribution in [2.75, 3.05) is 7.11 Å². The zero-order valence-corrected chi connectivity index (χ0v) is 10.9. The quantitative estimate of drug-likeness (QED) is 0.818. The second-order valence-corrected chi connectivity index (χ2v) is 5.13. The molecule has 3 heteroatoms. The monoisotopic (exact) mass is 250 g/mol. The summed E-state index contributed by atoms with van der Waals surface area (Å²) in [7, 11) is 1.43. The zero-order valence-electron chi connectivity index (χ0n) is 10.9. The fraction of sp³-hybridized carbons (Fsp3) is 0.533. The van der Waals surface area contributed by atoms with E-state index in [1.165, 1.54) is 13.2 Å². The highest BCUT2D eigenvalue weighted by Crippen LogP contribution is 2.32. The van der Waals surface area contributed by atoms with Gasteiger partial charge in [-0.2, -0.15) is 0 Å². The smallest absolute Gasteiger partial charge is 0.165 e. The van der Waals surface area contributed by atoms with Crippen LogP contribution in [-0.2, 0) is 11.2 Å². The normalized spacial score (nSPS) is 23.1. The number of Topliss-reactive ketones (excluding diaryl/α,β-unsaturated/α-hetero) is 1. The van der Waals surface area contributed by atoms with Gasteiger partial charge in [-0.05, 0) is 36.5 Å². The van der Waals surface area contributed by atoms with Gasteiger partial charge < -0.3 is 4.74 Å². The van der Waals surface area contributed by atoms with Crippen molar-refractivity contribution in [1.82, 2.24) is 0 Å². The summed E-state index contributed by atoms with van der Waals surface area (Å²) in [4.78, 5) is 12.1. The third kappa shape index (κ3) is 2.71. The first-order valence-corrected chi connectivity index (χ1v) is 6.47. The van der Waals surface area contributed by atoms with Gasteiger partial charge in [0.15, 0.2) is 11.6 Å². The van der Waals surface area contributed by atoms with Gasteiger partial charge in [0.05, 0.1) is 7.11 Å². The van der Waals surface area contributed by atoms with Crippen LogP contribution in [0.25, 0.3) is 0 Å². The average molecular weight is 250 g/mol. The highest BCUT2D eigenvalue weighted by molar-refractivity contribution is 5.83. The summed E-state index contributed by atoms with van der Waals surface area (Å²) in [5.41, 5.74) is 0.734. The molecule has 1 fully saturated rings. The maximum atomic E-state index is 13.5. The van der Waals surface area contributed by atoms with Crippen LogP contribution in [0.5, 0.6) is 5.75 Å². The Bertz CT molecular complexity index is 442. The predicted octanol–water partition coefficient (Wildman–Crippen LogP) is 3.38. The lowest BCUT2D eigenvalue weighted by molar-refractivity contribution is -0.123. The fourth-order valence-corrected chi connectivity index (χ4v) is 2.78. The van der Waals surface area contributed by atoms with Crippen LogP contribution in [0, 0.1) is 17.7 Å². The van der Waals surface area contributed by atoms with Crippen molar-refractivity contribution in [2.24, 2.45) is 11.8 Å². The van der Waals surface area contributed by atoms with Crippen LogP contribution in [-0.4, -0.2) is 12.9 Å². The topological polar surface area (TPSA) is 26.3 Å². The highest BCUT2D eigenvalue weighted by Gasteiger charge is 2.29. The first-order valence-electron chi connectivity index (χ1n) is 6.47. The minimum Gasteiger partial charge on any atom is -0.494 e. The minimum absolute atomic E-state index is 0.162. The van der Waals surface area contributed by atoms with Gasteiger partial charge in [-0.15, -0.1) is 0 Å². The molecule has 0 N–H and O–H groups in total. The molecule has 2 atom stereocenters. The molecular formula is C15H19FO2. The van der Waals surface area contributed by atoms with Crippen LogP contribution in [0.4, 0.5) is 4.39 Å². The van der Waals surface area contributed by atoms with Gasteiger partial charge in [-0.25, -0.2) is 4.39 Å². The van der Waals surface area contributed by atoms with Gasteiger partial charge in [-0.3, -0.25) is 4.79 Å². The van der Waals surface area contributed by atoms with Crippen LogP contribution < -0.4 is 4.74 Å². The molecule has 1 saturated carbocycles. The van der Waals surface area contributed by atoms with E-state index in [1.807, 2.05) is 0 Å². The third-order valence-corrected chi connectivity index (χ3v) is 3.87. The van der Waals surface area contributed by atoms with Crippen LogP contribution in [0.2, 0.25) is 0 Å². The van der Waals surface area contributed by atoms with Crippen LogP contribution >= 0.6 is 0 Å². The molecule has 1 aromatic carbocycles. The molecule has 0 saturated heterocycles. The number of ketones is 1. The Balaban J connectivity index is 2.05. The second-order valence-electron chi connectivity index (χ2n) is 5.13. The Morgan fingerprint density at radius 2 is 2.22 bits per heavy atom. The SMILES string of the molecule is COc1ccc(CC(=O)C2CCCC2C)cc1F. The zero-order chi connectivity index (χ0) is 13.1. The van der Waals surface area contributed by atoms with E-state index >= 15 is 0 Å². The maximum Gasteiger partial charge on any atom is 0.165 e. The van der Waals surface area contributed by atoms with Gasteiger partial charge in [0.1, 0.15) is 5.78 Å². The Labute approximate surface area is 107 Å². The Kier molecular flexibility index (Phi) is 4.00. The lowest BCUT2D eigenvalue weighted by Gasteiger charge is -2.14. The molecule has 0 radical (unpaired) electrons. The molecule has 98 valence electrons. The molecule has 2 rings (SSSR count). The molecule has 18 heavy (non-hydrogen) atoms. The van der Waals surface area contributed by atoms with E-state index in [0.29, 0.717) is 12.3 Å². The summed E-state index contributed by atoms with van der Waals surface area (Å²) < 4.78 is 18.4. The first-order chi connectivity index (χ1) is 8.61. The molecule has 0 aliphatic heterocycles. The van der Waals surface area contributed by atoms with E-state index in [4.69, 9.17) is 4.74 Å². The number of rotatable bonds is 4. The van der Waals surface area contributed by atoms with Gasteiger partial charge in [-0.1, -0.05) is 19.4 Å². The van der Waals surface area contributed by atoms with E-state index < -0.39 is 5.82 Å². The first kappa shape index (κ1) is 13.1. The molecule has 1 aromatic rings. The van der Waals surface area contributed by atoms with Gasteiger partial charge in [0.25, 0.3) is 0 Å². The summed E-state index contributed by atoms with van der Waals surface area (Å²) >= 11 is 0. The number of hydrogen-bond donors (Lipinski definition) is 0. The van der Waals surface area contributed by atoms with Crippen molar-refractivity contribution in [3.05, 3.63) is 29.6 Å². The molecule has 1 aliphatic rings. The second kappa shape index (κ2) is 5.51. The maximum absolute atomic E-state index is 13.5. The van der Waals surface area contributed by atoms with Crippen molar-refractivity contribution < 1.29 is 13.9 Å². The minimum atomic E-state index is -0.401. The third-order valence-electron chi connectivity index (χ3n) is 3.87. The van der Waals surface area contributed by atoms with E-state index in [2.05, 4.69) is 6.92 Å². The number of benzene rings is 1. The van der Waals surface area contributed by atoms with Crippen molar-refractivity contribution in [2.45, 2.75) is 32.6 Å². The van der Waals surface area contributed by atoms with Crippen molar-refractivity contribution in [3.8, 4) is 5.75 Å². The summed E-state index contributed by atoms with van der Waals surface area (Å²) in [5.74, 6) is 0.697. The largest absolute Gasteiger partial charge is 0.494 e. The molecule has 0 heterocycles. The Morgan fingerprint density at radius 3 is 2.78 bits per heavy atom. The number of ether oxygens (including phenoxy) is 1. The Morgan fingerprint density at radius 1 is 1.44 bits per heavy atom. The molecular weight excluding hydrogens is 231 g/mol. The number of halogens is 1. The van der Waals surface area contributed by atoms with E-state index in [-0.39, 0.29) is 17.5 Å². The number of methoxy groups -OCH3 is 1. The van der Waals surface area contributed by atoms with Crippen molar-refractivity contribution >= 4 is 5.78 Å². The number of carbonyl (C=O) groups is 1. The van der Waals surface area contributed by atoms with Gasteiger partial charge in [0.2, 0.25) is 0 Å². The highest BCUT2D eigenvalue weighted by atomic mass is 19.1. The summed E-state index contributed by atoms with van der Waals surface area (Å²) in [6, 6.07) is 4.74. The van der Waals surface area contributed by atoms with Crippen molar-refractivity contribution in [1.29, 1.82) is 0 Å². The summed E-state index contributed by atoms with van der Waals surface area (Å²) in [5, 5.41) is 0. The van der Waals surface area contributed by atoms with Crippen molar-refractivity contribution in [3.63, 3.8) is 0 Å². The molecule has 2 unspecified atom stereocenters. The van der Waals surface area contributed by atoms with Gasteiger partial charge in [0, 0.05) is 12.3 Å². The summed E-state index contributed by atoms with van der Waals surface area (Å²) in [6.07, 6.45) is 3.58. The van der Waals surface area contributed by atoms with Crippen LogP contribution in [0.3, 0.4) is 0 Å². The molecule has 2 nitrogen and oxygen atoms in total. The number of hydrogen-bond acceptors (Lipinski definition) is 2. The van der Waals surface area contributed by atoms with Gasteiger partial charge >= 0.3 is 0 Å². The lowest BCUT2D eigenvalue weighted by atomic mass is 9.90. The fourth-order valence-electron chi connectivity index (χ4n) is 2.78.